The maximum Gasteiger partial charge on any atom is 0.247 e. The molecule has 1 amide bonds. The molecule has 0 fully saturated rings. The molecule has 3 aromatic rings. The van der Waals surface area contributed by atoms with Crippen LogP contribution in [0.4, 0.5) is 0 Å². The Morgan fingerprint density at radius 2 is 1.72 bits per heavy atom. The van der Waals surface area contributed by atoms with Gasteiger partial charge in [0, 0.05) is 18.5 Å². The summed E-state index contributed by atoms with van der Waals surface area (Å²) in [7, 11) is 0. The van der Waals surface area contributed by atoms with Crippen LogP contribution in [-0.2, 0) is 11.2 Å². The van der Waals surface area contributed by atoms with Gasteiger partial charge in [-0.2, -0.15) is 0 Å². The normalized spacial score (nSPS) is 10.4. The first-order valence-electron chi connectivity index (χ1n) is 8.13. The Labute approximate surface area is 145 Å². The van der Waals surface area contributed by atoms with Crippen LogP contribution in [0, 0.1) is 0 Å². The Bertz CT molecular complexity index is 788. The third kappa shape index (κ3) is 5.17. The monoisotopic (exact) mass is 337 g/mol. The molecule has 0 saturated heterocycles. The fraction of sp³-hybridized carbons (Fsp3) is 0.211. The van der Waals surface area contributed by atoms with Crippen LogP contribution in [0.25, 0.3) is 11.5 Å². The van der Waals surface area contributed by atoms with Crippen LogP contribution in [0.2, 0.25) is 0 Å². The van der Waals surface area contributed by atoms with E-state index in [1.54, 1.807) is 0 Å². The van der Waals surface area contributed by atoms with Crippen molar-refractivity contribution in [1.82, 2.24) is 15.5 Å². The summed E-state index contributed by atoms with van der Waals surface area (Å²) in [6.07, 6.45) is 0.791. The Morgan fingerprint density at radius 3 is 2.48 bits per heavy atom. The SMILES string of the molecule is O=C(CCOc1ccccc1)NCCc1nnc(-c2ccccc2)o1. The number of carbonyl (C=O) groups is 1. The van der Waals surface area contributed by atoms with Crippen LogP contribution in [0.3, 0.4) is 0 Å². The number of rotatable bonds is 8. The summed E-state index contributed by atoms with van der Waals surface area (Å²) in [4.78, 5) is 11.8. The summed E-state index contributed by atoms with van der Waals surface area (Å²) < 4.78 is 11.1. The number of hydrogen-bond donors (Lipinski definition) is 1. The molecule has 6 nitrogen and oxygen atoms in total. The van der Waals surface area contributed by atoms with E-state index in [2.05, 4.69) is 15.5 Å². The van der Waals surface area contributed by atoms with Gasteiger partial charge < -0.3 is 14.5 Å². The lowest BCUT2D eigenvalue weighted by atomic mass is 10.2. The van der Waals surface area contributed by atoms with Gasteiger partial charge in [0.2, 0.25) is 17.7 Å². The molecule has 0 bridgehead atoms. The number of nitrogens with one attached hydrogen (secondary N) is 1. The lowest BCUT2D eigenvalue weighted by Crippen LogP contribution is -2.27. The van der Waals surface area contributed by atoms with Crippen molar-refractivity contribution in [3.8, 4) is 17.2 Å². The average Bonchev–Trinajstić information content (AvgIpc) is 3.12. The number of aromatic nitrogens is 2. The third-order valence-electron chi connectivity index (χ3n) is 3.49. The highest BCUT2D eigenvalue weighted by Gasteiger charge is 2.08. The number of benzene rings is 2. The van der Waals surface area contributed by atoms with E-state index in [9.17, 15) is 4.79 Å². The van der Waals surface area contributed by atoms with E-state index >= 15 is 0 Å². The van der Waals surface area contributed by atoms with E-state index in [1.165, 1.54) is 0 Å². The molecule has 0 saturated carbocycles. The molecule has 1 heterocycles. The van der Waals surface area contributed by atoms with Crippen molar-refractivity contribution in [3.63, 3.8) is 0 Å². The van der Waals surface area contributed by atoms with Crippen LogP contribution in [-0.4, -0.2) is 29.3 Å². The number of amides is 1. The van der Waals surface area contributed by atoms with Gasteiger partial charge in [-0.05, 0) is 24.3 Å². The summed E-state index contributed by atoms with van der Waals surface area (Å²) in [5, 5.41) is 10.8. The number of ether oxygens (including phenoxy) is 1. The van der Waals surface area contributed by atoms with Crippen molar-refractivity contribution in [2.75, 3.05) is 13.2 Å². The molecule has 1 N–H and O–H groups in total. The van der Waals surface area contributed by atoms with Crippen LogP contribution < -0.4 is 10.1 Å². The molecular weight excluding hydrogens is 318 g/mol. The molecule has 0 spiro atoms. The van der Waals surface area contributed by atoms with Gasteiger partial charge in [-0.15, -0.1) is 10.2 Å². The van der Waals surface area contributed by atoms with E-state index in [0.717, 1.165) is 11.3 Å². The van der Waals surface area contributed by atoms with Gasteiger partial charge in [-0.3, -0.25) is 4.79 Å². The first-order valence-corrected chi connectivity index (χ1v) is 8.13. The van der Waals surface area contributed by atoms with Crippen molar-refractivity contribution in [2.24, 2.45) is 0 Å². The van der Waals surface area contributed by atoms with Crippen LogP contribution in [0.5, 0.6) is 5.75 Å². The highest BCUT2D eigenvalue weighted by atomic mass is 16.5. The van der Waals surface area contributed by atoms with Crippen molar-refractivity contribution in [1.29, 1.82) is 0 Å². The molecule has 0 aliphatic rings. The minimum atomic E-state index is -0.0706. The highest BCUT2D eigenvalue weighted by molar-refractivity contribution is 5.75. The second-order valence-corrected chi connectivity index (χ2v) is 5.38. The molecule has 0 unspecified atom stereocenters. The number of para-hydroxylation sites is 1. The largest absolute Gasteiger partial charge is 0.493 e. The summed E-state index contributed by atoms with van der Waals surface area (Å²) in [6.45, 7) is 0.787. The highest BCUT2D eigenvalue weighted by Crippen LogP contribution is 2.16. The maximum absolute atomic E-state index is 11.8. The zero-order chi connectivity index (χ0) is 17.3. The van der Waals surface area contributed by atoms with Crippen molar-refractivity contribution in [3.05, 3.63) is 66.6 Å². The fourth-order valence-electron chi connectivity index (χ4n) is 2.23. The molecule has 0 atom stereocenters. The molecule has 2 aromatic carbocycles. The Balaban J connectivity index is 1.36. The van der Waals surface area contributed by atoms with Gasteiger partial charge >= 0.3 is 0 Å². The topological polar surface area (TPSA) is 77.2 Å². The zero-order valence-electron chi connectivity index (χ0n) is 13.7. The van der Waals surface area contributed by atoms with Gasteiger partial charge in [0.25, 0.3) is 0 Å². The zero-order valence-corrected chi connectivity index (χ0v) is 13.7. The van der Waals surface area contributed by atoms with Crippen molar-refractivity contribution < 1.29 is 13.9 Å². The Hall–Kier alpha value is -3.15. The van der Waals surface area contributed by atoms with E-state index in [0.29, 0.717) is 37.8 Å². The second-order valence-electron chi connectivity index (χ2n) is 5.38. The van der Waals surface area contributed by atoms with E-state index < -0.39 is 0 Å². The van der Waals surface area contributed by atoms with Crippen LogP contribution >= 0.6 is 0 Å². The summed E-state index contributed by atoms with van der Waals surface area (Å²) in [6, 6.07) is 19.0. The maximum atomic E-state index is 11.8. The molecule has 128 valence electrons. The Kier molecular flexibility index (Phi) is 5.77. The first-order chi connectivity index (χ1) is 12.3. The second kappa shape index (κ2) is 8.63. The van der Waals surface area contributed by atoms with Gasteiger partial charge in [0.05, 0.1) is 13.0 Å². The van der Waals surface area contributed by atoms with Gasteiger partial charge in [-0.25, -0.2) is 0 Å². The molecule has 3 rings (SSSR count). The van der Waals surface area contributed by atoms with E-state index in [-0.39, 0.29) is 5.91 Å². The minimum Gasteiger partial charge on any atom is -0.493 e. The summed E-state index contributed by atoms with van der Waals surface area (Å²) >= 11 is 0. The molecule has 0 radical (unpaired) electrons. The van der Waals surface area contributed by atoms with Crippen molar-refractivity contribution in [2.45, 2.75) is 12.8 Å². The van der Waals surface area contributed by atoms with Gasteiger partial charge in [0.1, 0.15) is 5.75 Å². The number of carbonyl (C=O) groups excluding carboxylic acids is 1. The van der Waals surface area contributed by atoms with Crippen LogP contribution in [0.15, 0.2) is 65.1 Å². The predicted molar refractivity (Wildman–Crippen MR) is 93.0 cm³/mol. The summed E-state index contributed by atoms with van der Waals surface area (Å²) in [5.74, 6) is 1.67. The molecule has 0 aliphatic heterocycles. The molecule has 6 heteroatoms. The molecular formula is C19H19N3O3. The molecule has 25 heavy (non-hydrogen) atoms. The lowest BCUT2D eigenvalue weighted by Gasteiger charge is -2.06. The first kappa shape index (κ1) is 16.7. The van der Waals surface area contributed by atoms with Crippen LogP contribution in [0.1, 0.15) is 12.3 Å². The quantitative estimate of drug-likeness (QED) is 0.684. The number of hydrogen-bond acceptors (Lipinski definition) is 5. The van der Waals surface area contributed by atoms with Gasteiger partial charge in [-0.1, -0.05) is 36.4 Å². The third-order valence-corrected chi connectivity index (χ3v) is 3.49. The standard InChI is InChI=1S/C19H19N3O3/c23-17(12-14-24-16-9-5-2-6-10-16)20-13-11-18-21-22-19(25-18)15-7-3-1-4-8-15/h1-10H,11-14H2,(H,20,23). The minimum absolute atomic E-state index is 0.0706. The predicted octanol–water partition coefficient (Wildman–Crippen LogP) is 2.86. The average molecular weight is 337 g/mol. The molecule has 1 aromatic heterocycles. The summed E-state index contributed by atoms with van der Waals surface area (Å²) in [5.41, 5.74) is 0.878. The Morgan fingerprint density at radius 1 is 1.00 bits per heavy atom. The van der Waals surface area contributed by atoms with Crippen molar-refractivity contribution >= 4 is 5.91 Å². The van der Waals surface area contributed by atoms with E-state index in [4.69, 9.17) is 9.15 Å². The fourth-order valence-corrected chi connectivity index (χ4v) is 2.23. The lowest BCUT2D eigenvalue weighted by molar-refractivity contribution is -0.121. The smallest absolute Gasteiger partial charge is 0.247 e. The van der Waals surface area contributed by atoms with E-state index in [1.807, 2.05) is 60.7 Å². The number of nitrogens with zero attached hydrogens (tertiary/aromatic N) is 2. The van der Waals surface area contributed by atoms with Gasteiger partial charge in [0.15, 0.2) is 0 Å². The molecule has 0 aliphatic carbocycles.